The Morgan fingerprint density at radius 1 is 1.13 bits per heavy atom. The van der Waals surface area contributed by atoms with E-state index in [4.69, 9.17) is 9.84 Å². The van der Waals surface area contributed by atoms with Gasteiger partial charge in [-0.3, -0.25) is 0 Å². The fraction of sp³-hybridized carbons (Fsp3) is 0.500. The summed E-state index contributed by atoms with van der Waals surface area (Å²) in [7, 11) is 0. The molecule has 0 aliphatic rings. The SMILES string of the molecule is OCCCCc1ccc(OCCBr)cc1. The van der Waals surface area contributed by atoms with Gasteiger partial charge in [0.25, 0.3) is 0 Å². The molecule has 0 saturated heterocycles. The van der Waals surface area contributed by atoms with Crippen LogP contribution in [-0.2, 0) is 6.42 Å². The normalized spacial score (nSPS) is 10.3. The van der Waals surface area contributed by atoms with Crippen LogP contribution in [0.4, 0.5) is 0 Å². The number of aliphatic hydroxyl groups is 1. The van der Waals surface area contributed by atoms with Crippen molar-refractivity contribution in [3.63, 3.8) is 0 Å². The zero-order chi connectivity index (χ0) is 10.9. The highest BCUT2D eigenvalue weighted by Crippen LogP contribution is 2.13. The molecule has 0 fully saturated rings. The quantitative estimate of drug-likeness (QED) is 0.611. The number of halogens is 1. The summed E-state index contributed by atoms with van der Waals surface area (Å²) in [5, 5.41) is 9.51. The van der Waals surface area contributed by atoms with E-state index in [0.717, 1.165) is 30.3 Å². The highest BCUT2D eigenvalue weighted by Gasteiger charge is 1.95. The summed E-state index contributed by atoms with van der Waals surface area (Å²) in [6, 6.07) is 8.16. The van der Waals surface area contributed by atoms with Crippen LogP contribution < -0.4 is 4.74 Å². The van der Waals surface area contributed by atoms with Gasteiger partial charge in [-0.05, 0) is 37.0 Å². The molecule has 1 aromatic rings. The van der Waals surface area contributed by atoms with Gasteiger partial charge in [-0.1, -0.05) is 28.1 Å². The van der Waals surface area contributed by atoms with Crippen LogP contribution >= 0.6 is 15.9 Å². The Labute approximate surface area is 99.4 Å². The summed E-state index contributed by atoms with van der Waals surface area (Å²) in [6.45, 7) is 0.982. The average molecular weight is 273 g/mol. The summed E-state index contributed by atoms with van der Waals surface area (Å²) in [4.78, 5) is 0. The van der Waals surface area contributed by atoms with Crippen LogP contribution in [0.25, 0.3) is 0 Å². The molecular formula is C12H17BrO2. The number of alkyl halides is 1. The zero-order valence-corrected chi connectivity index (χ0v) is 10.4. The van der Waals surface area contributed by atoms with Crippen molar-refractivity contribution in [1.29, 1.82) is 0 Å². The van der Waals surface area contributed by atoms with Crippen molar-refractivity contribution in [2.45, 2.75) is 19.3 Å². The lowest BCUT2D eigenvalue weighted by Crippen LogP contribution is -1.97. The number of hydrogen-bond acceptors (Lipinski definition) is 2. The smallest absolute Gasteiger partial charge is 0.119 e. The number of unbranched alkanes of at least 4 members (excludes halogenated alkanes) is 1. The zero-order valence-electron chi connectivity index (χ0n) is 8.79. The van der Waals surface area contributed by atoms with E-state index >= 15 is 0 Å². The van der Waals surface area contributed by atoms with Crippen molar-refractivity contribution in [1.82, 2.24) is 0 Å². The van der Waals surface area contributed by atoms with Crippen LogP contribution in [0.1, 0.15) is 18.4 Å². The van der Waals surface area contributed by atoms with E-state index in [1.54, 1.807) is 0 Å². The molecule has 0 saturated carbocycles. The van der Waals surface area contributed by atoms with Crippen LogP contribution in [-0.4, -0.2) is 23.7 Å². The van der Waals surface area contributed by atoms with Crippen LogP contribution in [0.3, 0.4) is 0 Å². The van der Waals surface area contributed by atoms with Gasteiger partial charge >= 0.3 is 0 Å². The Bertz CT molecular complexity index is 259. The van der Waals surface area contributed by atoms with Gasteiger partial charge in [-0.2, -0.15) is 0 Å². The van der Waals surface area contributed by atoms with Gasteiger partial charge in [-0.15, -0.1) is 0 Å². The third-order valence-electron chi connectivity index (χ3n) is 2.14. The maximum absolute atomic E-state index is 8.66. The number of ether oxygens (including phenoxy) is 1. The summed E-state index contributed by atoms with van der Waals surface area (Å²) in [5.74, 6) is 0.917. The Hall–Kier alpha value is -0.540. The van der Waals surface area contributed by atoms with E-state index in [2.05, 4.69) is 28.1 Å². The topological polar surface area (TPSA) is 29.5 Å². The molecule has 0 aliphatic carbocycles. The molecule has 0 amide bonds. The lowest BCUT2D eigenvalue weighted by atomic mass is 10.1. The fourth-order valence-electron chi connectivity index (χ4n) is 1.35. The second kappa shape index (κ2) is 7.71. The molecule has 0 spiro atoms. The first kappa shape index (κ1) is 12.5. The average Bonchev–Trinajstić information content (AvgIpc) is 2.28. The molecule has 1 rings (SSSR count). The molecule has 84 valence electrons. The van der Waals surface area contributed by atoms with E-state index in [9.17, 15) is 0 Å². The molecule has 3 heteroatoms. The first-order valence-electron chi connectivity index (χ1n) is 5.25. The lowest BCUT2D eigenvalue weighted by Gasteiger charge is -2.05. The molecule has 0 heterocycles. The molecule has 1 N–H and O–H groups in total. The van der Waals surface area contributed by atoms with E-state index in [-0.39, 0.29) is 6.61 Å². The minimum absolute atomic E-state index is 0.284. The van der Waals surface area contributed by atoms with Gasteiger partial charge in [0.1, 0.15) is 5.75 Å². The first-order chi connectivity index (χ1) is 7.36. The third kappa shape index (κ3) is 5.19. The molecule has 15 heavy (non-hydrogen) atoms. The van der Waals surface area contributed by atoms with E-state index in [0.29, 0.717) is 6.61 Å². The number of rotatable bonds is 7. The monoisotopic (exact) mass is 272 g/mol. The summed E-state index contributed by atoms with van der Waals surface area (Å²) in [6.07, 6.45) is 2.94. The van der Waals surface area contributed by atoms with E-state index < -0.39 is 0 Å². The minimum Gasteiger partial charge on any atom is -0.493 e. The number of hydrogen-bond donors (Lipinski definition) is 1. The summed E-state index contributed by atoms with van der Waals surface area (Å²) < 4.78 is 5.45. The Morgan fingerprint density at radius 3 is 2.47 bits per heavy atom. The van der Waals surface area contributed by atoms with Crippen molar-refractivity contribution in [3.05, 3.63) is 29.8 Å². The lowest BCUT2D eigenvalue weighted by molar-refractivity contribution is 0.284. The van der Waals surface area contributed by atoms with Gasteiger partial charge in [0.15, 0.2) is 0 Å². The van der Waals surface area contributed by atoms with Crippen molar-refractivity contribution >= 4 is 15.9 Å². The summed E-state index contributed by atoms with van der Waals surface area (Å²) in [5.41, 5.74) is 1.30. The highest BCUT2D eigenvalue weighted by atomic mass is 79.9. The number of aryl methyl sites for hydroxylation is 1. The number of aliphatic hydroxyl groups excluding tert-OH is 1. The van der Waals surface area contributed by atoms with Gasteiger partial charge in [0.05, 0.1) is 6.61 Å². The highest BCUT2D eigenvalue weighted by molar-refractivity contribution is 9.09. The van der Waals surface area contributed by atoms with Crippen molar-refractivity contribution in [3.8, 4) is 5.75 Å². The Kier molecular flexibility index (Phi) is 6.44. The maximum Gasteiger partial charge on any atom is 0.119 e. The van der Waals surface area contributed by atoms with Crippen LogP contribution in [0, 0.1) is 0 Å². The molecule has 1 aromatic carbocycles. The summed E-state index contributed by atoms with van der Waals surface area (Å²) >= 11 is 3.31. The maximum atomic E-state index is 8.66. The van der Waals surface area contributed by atoms with Gasteiger partial charge in [0, 0.05) is 11.9 Å². The van der Waals surface area contributed by atoms with Crippen molar-refractivity contribution in [2.24, 2.45) is 0 Å². The van der Waals surface area contributed by atoms with Crippen LogP contribution in [0.2, 0.25) is 0 Å². The molecule has 0 atom stereocenters. The van der Waals surface area contributed by atoms with Gasteiger partial charge in [-0.25, -0.2) is 0 Å². The van der Waals surface area contributed by atoms with Crippen LogP contribution in [0.5, 0.6) is 5.75 Å². The molecule has 0 aliphatic heterocycles. The molecular weight excluding hydrogens is 256 g/mol. The molecule has 2 nitrogen and oxygen atoms in total. The molecule has 0 bridgehead atoms. The van der Waals surface area contributed by atoms with Crippen LogP contribution in [0.15, 0.2) is 24.3 Å². The minimum atomic E-state index is 0.284. The largest absolute Gasteiger partial charge is 0.493 e. The Balaban J connectivity index is 2.35. The third-order valence-corrected chi connectivity index (χ3v) is 2.47. The molecule has 0 aromatic heterocycles. The second-order valence-electron chi connectivity index (χ2n) is 3.36. The van der Waals surface area contributed by atoms with E-state index in [1.165, 1.54) is 5.56 Å². The fourth-order valence-corrected chi connectivity index (χ4v) is 1.51. The standard InChI is InChI=1S/C12H17BrO2/c13-8-10-15-12-6-4-11(5-7-12)3-1-2-9-14/h4-7,14H,1-3,8-10H2. The predicted octanol–water partition coefficient (Wildman–Crippen LogP) is 2.78. The van der Waals surface area contributed by atoms with Crippen molar-refractivity contribution < 1.29 is 9.84 Å². The molecule has 0 unspecified atom stereocenters. The second-order valence-corrected chi connectivity index (χ2v) is 4.16. The molecule has 0 radical (unpaired) electrons. The van der Waals surface area contributed by atoms with Gasteiger partial charge in [0.2, 0.25) is 0 Å². The number of benzene rings is 1. The van der Waals surface area contributed by atoms with Gasteiger partial charge < -0.3 is 9.84 Å². The van der Waals surface area contributed by atoms with E-state index in [1.807, 2.05) is 12.1 Å². The first-order valence-corrected chi connectivity index (χ1v) is 6.37. The Morgan fingerprint density at radius 2 is 1.87 bits per heavy atom. The van der Waals surface area contributed by atoms with Crippen molar-refractivity contribution in [2.75, 3.05) is 18.5 Å². The predicted molar refractivity (Wildman–Crippen MR) is 65.8 cm³/mol.